The molecule has 1 fully saturated rings. The van der Waals surface area contributed by atoms with Crippen molar-refractivity contribution in [3.8, 4) is 11.8 Å². The number of hydrogen-bond acceptors (Lipinski definition) is 1. The third kappa shape index (κ3) is 1.14. The second kappa shape index (κ2) is 3.14. The summed E-state index contributed by atoms with van der Waals surface area (Å²) in [6.07, 6.45) is 7.35. The molecule has 0 bridgehead atoms. The summed E-state index contributed by atoms with van der Waals surface area (Å²) in [5.74, 6) is 5.91. The highest BCUT2D eigenvalue weighted by molar-refractivity contribution is 5.41. The molecular formula is C13H18O. The van der Waals surface area contributed by atoms with Crippen molar-refractivity contribution in [1.82, 2.24) is 0 Å². The van der Waals surface area contributed by atoms with Crippen LogP contribution in [0.25, 0.3) is 0 Å². The van der Waals surface area contributed by atoms with Gasteiger partial charge < -0.3 is 5.11 Å². The molecule has 1 saturated carbocycles. The monoisotopic (exact) mass is 190 g/mol. The predicted molar refractivity (Wildman–Crippen MR) is 57.6 cm³/mol. The highest BCUT2D eigenvalue weighted by Crippen LogP contribution is 2.62. The maximum absolute atomic E-state index is 8.71. The zero-order chi connectivity index (χ0) is 10.2. The lowest BCUT2D eigenvalue weighted by atomic mass is 9.67. The van der Waals surface area contributed by atoms with Crippen molar-refractivity contribution in [2.45, 2.75) is 39.5 Å². The molecule has 0 aromatic heterocycles. The van der Waals surface area contributed by atoms with E-state index in [1.54, 1.807) is 0 Å². The zero-order valence-corrected chi connectivity index (χ0v) is 9.06. The Morgan fingerprint density at radius 1 is 1.43 bits per heavy atom. The summed E-state index contributed by atoms with van der Waals surface area (Å²) >= 11 is 0. The quantitative estimate of drug-likeness (QED) is 0.582. The topological polar surface area (TPSA) is 20.2 Å². The van der Waals surface area contributed by atoms with E-state index in [9.17, 15) is 0 Å². The molecule has 1 N–H and O–H groups in total. The summed E-state index contributed by atoms with van der Waals surface area (Å²) in [6.45, 7) is 4.69. The molecule has 0 radical (unpaired) electrons. The van der Waals surface area contributed by atoms with E-state index >= 15 is 0 Å². The van der Waals surface area contributed by atoms with Crippen LogP contribution in [0.3, 0.4) is 0 Å². The van der Waals surface area contributed by atoms with Gasteiger partial charge in [-0.3, -0.25) is 0 Å². The Bertz CT molecular complexity index is 331. The van der Waals surface area contributed by atoms with Crippen LogP contribution in [0.4, 0.5) is 0 Å². The van der Waals surface area contributed by atoms with E-state index in [0.717, 1.165) is 0 Å². The van der Waals surface area contributed by atoms with Crippen LogP contribution in [0.15, 0.2) is 11.6 Å². The smallest absolute Gasteiger partial charge is 0.104 e. The predicted octanol–water partition coefficient (Wildman–Crippen LogP) is 2.51. The normalized spacial score (nSPS) is 40.1. The minimum atomic E-state index is -0.0237. The van der Waals surface area contributed by atoms with Crippen LogP contribution in [0.2, 0.25) is 0 Å². The minimum absolute atomic E-state index is 0.0237. The molecule has 0 aromatic carbocycles. The van der Waals surface area contributed by atoms with E-state index in [0.29, 0.717) is 5.41 Å². The molecule has 0 unspecified atom stereocenters. The average molecular weight is 190 g/mol. The summed E-state index contributed by atoms with van der Waals surface area (Å²) in [6, 6.07) is 0. The van der Waals surface area contributed by atoms with Crippen molar-refractivity contribution in [1.29, 1.82) is 0 Å². The summed E-state index contributed by atoms with van der Waals surface area (Å²) in [5, 5.41) is 8.71. The van der Waals surface area contributed by atoms with Crippen LogP contribution in [0, 0.1) is 22.7 Å². The first-order chi connectivity index (χ1) is 6.62. The van der Waals surface area contributed by atoms with Gasteiger partial charge >= 0.3 is 0 Å². The minimum Gasteiger partial charge on any atom is -0.384 e. The highest BCUT2D eigenvalue weighted by Gasteiger charge is 2.52. The van der Waals surface area contributed by atoms with Gasteiger partial charge in [0.05, 0.1) is 0 Å². The van der Waals surface area contributed by atoms with Crippen molar-refractivity contribution in [2.75, 3.05) is 6.61 Å². The molecule has 2 atom stereocenters. The average Bonchev–Trinajstić information content (AvgIpc) is 2.55. The number of aliphatic hydroxyl groups excluding tert-OH is 1. The molecule has 0 heterocycles. The standard InChI is InChI=1S/C13H18O/c1-12-7-4-8-13(12,2)11(6-9-12)5-3-10-14/h6,14H,4,7-10H2,1-2H3/t12-,13+/m1/s1. The van der Waals surface area contributed by atoms with Crippen LogP contribution in [0.5, 0.6) is 0 Å². The van der Waals surface area contributed by atoms with Gasteiger partial charge in [-0.2, -0.15) is 0 Å². The first-order valence-corrected chi connectivity index (χ1v) is 5.43. The second-order valence-corrected chi connectivity index (χ2v) is 5.03. The summed E-state index contributed by atoms with van der Waals surface area (Å²) in [5.41, 5.74) is 1.99. The van der Waals surface area contributed by atoms with Gasteiger partial charge in [0, 0.05) is 11.0 Å². The van der Waals surface area contributed by atoms with Gasteiger partial charge in [-0.05, 0) is 24.7 Å². The van der Waals surface area contributed by atoms with Gasteiger partial charge in [0.15, 0.2) is 0 Å². The Balaban J connectivity index is 2.30. The van der Waals surface area contributed by atoms with Crippen molar-refractivity contribution in [2.24, 2.45) is 10.8 Å². The van der Waals surface area contributed by atoms with Crippen LogP contribution in [-0.2, 0) is 0 Å². The lowest BCUT2D eigenvalue weighted by Crippen LogP contribution is -2.28. The van der Waals surface area contributed by atoms with Crippen LogP contribution in [0.1, 0.15) is 39.5 Å². The van der Waals surface area contributed by atoms with Crippen molar-refractivity contribution >= 4 is 0 Å². The van der Waals surface area contributed by atoms with E-state index < -0.39 is 0 Å². The Morgan fingerprint density at radius 3 is 2.93 bits per heavy atom. The van der Waals surface area contributed by atoms with E-state index in [4.69, 9.17) is 5.11 Å². The van der Waals surface area contributed by atoms with Gasteiger partial charge in [-0.15, -0.1) is 0 Å². The fraction of sp³-hybridized carbons (Fsp3) is 0.692. The van der Waals surface area contributed by atoms with E-state index in [-0.39, 0.29) is 12.0 Å². The molecule has 0 amide bonds. The summed E-state index contributed by atoms with van der Waals surface area (Å²) in [7, 11) is 0. The third-order valence-electron chi connectivity index (χ3n) is 4.39. The molecule has 2 aliphatic rings. The molecule has 1 nitrogen and oxygen atoms in total. The third-order valence-corrected chi connectivity index (χ3v) is 4.39. The molecule has 2 rings (SSSR count). The number of rotatable bonds is 0. The molecule has 76 valence electrons. The van der Waals surface area contributed by atoms with Crippen LogP contribution in [-0.4, -0.2) is 11.7 Å². The number of aliphatic hydroxyl groups is 1. The van der Waals surface area contributed by atoms with E-state index in [1.165, 1.54) is 31.3 Å². The molecule has 2 aliphatic carbocycles. The number of hydrogen-bond donors (Lipinski definition) is 1. The van der Waals surface area contributed by atoms with Gasteiger partial charge in [-0.1, -0.05) is 38.2 Å². The number of fused-ring (bicyclic) bond motifs is 1. The molecule has 0 saturated heterocycles. The largest absolute Gasteiger partial charge is 0.384 e. The fourth-order valence-electron chi connectivity index (χ4n) is 3.07. The SMILES string of the molecule is C[C@@]12CC=C(C#CCO)[C@]1(C)CCC2. The van der Waals surface area contributed by atoms with Gasteiger partial charge in [0.1, 0.15) is 6.61 Å². The molecular weight excluding hydrogens is 172 g/mol. The molecule has 14 heavy (non-hydrogen) atoms. The Labute approximate surface area is 86.2 Å². The van der Waals surface area contributed by atoms with Crippen LogP contribution >= 0.6 is 0 Å². The summed E-state index contributed by atoms with van der Waals surface area (Å²) < 4.78 is 0. The lowest BCUT2D eigenvalue weighted by Gasteiger charge is -2.35. The highest BCUT2D eigenvalue weighted by atomic mass is 16.2. The molecule has 0 aromatic rings. The second-order valence-electron chi connectivity index (χ2n) is 5.03. The first kappa shape index (κ1) is 9.80. The maximum atomic E-state index is 8.71. The van der Waals surface area contributed by atoms with E-state index in [1.807, 2.05) is 0 Å². The summed E-state index contributed by atoms with van der Waals surface area (Å²) in [4.78, 5) is 0. The van der Waals surface area contributed by atoms with Crippen molar-refractivity contribution in [3.05, 3.63) is 11.6 Å². The van der Waals surface area contributed by atoms with Gasteiger partial charge in [-0.25, -0.2) is 0 Å². The fourth-order valence-corrected chi connectivity index (χ4v) is 3.07. The first-order valence-electron chi connectivity index (χ1n) is 5.43. The Kier molecular flexibility index (Phi) is 2.20. The maximum Gasteiger partial charge on any atom is 0.104 e. The zero-order valence-electron chi connectivity index (χ0n) is 9.06. The van der Waals surface area contributed by atoms with Crippen molar-refractivity contribution < 1.29 is 5.11 Å². The van der Waals surface area contributed by atoms with Gasteiger partial charge in [0.2, 0.25) is 0 Å². The number of allylic oxidation sites excluding steroid dienone is 2. The Hall–Kier alpha value is -0.740. The molecule has 0 spiro atoms. The van der Waals surface area contributed by atoms with Crippen molar-refractivity contribution in [3.63, 3.8) is 0 Å². The molecule has 1 heteroatoms. The Morgan fingerprint density at radius 2 is 2.21 bits per heavy atom. The van der Waals surface area contributed by atoms with E-state index in [2.05, 4.69) is 31.8 Å². The van der Waals surface area contributed by atoms with Crippen LogP contribution < -0.4 is 0 Å². The van der Waals surface area contributed by atoms with Gasteiger partial charge in [0.25, 0.3) is 0 Å². The molecule has 0 aliphatic heterocycles. The lowest BCUT2D eigenvalue weighted by molar-refractivity contribution is 0.183.